The molecular formula is C34H31F3N10O2. The van der Waals surface area contributed by atoms with Crippen LogP contribution in [0.15, 0.2) is 61.3 Å². The summed E-state index contributed by atoms with van der Waals surface area (Å²) in [4.78, 5) is 36.2. The molecule has 6 heterocycles. The molecule has 6 aromatic rings. The van der Waals surface area contributed by atoms with Crippen LogP contribution in [-0.4, -0.2) is 90.5 Å². The van der Waals surface area contributed by atoms with E-state index in [0.29, 0.717) is 59.0 Å². The summed E-state index contributed by atoms with van der Waals surface area (Å²) in [6, 6.07) is 9.01. The third kappa shape index (κ3) is 5.39. The van der Waals surface area contributed by atoms with Crippen LogP contribution in [0.3, 0.4) is 0 Å². The minimum atomic E-state index is -0.794. The van der Waals surface area contributed by atoms with Crippen molar-refractivity contribution >= 4 is 39.6 Å². The van der Waals surface area contributed by atoms with Crippen LogP contribution < -0.4 is 10.2 Å². The minimum absolute atomic E-state index is 0.0272. The monoisotopic (exact) mass is 668 g/mol. The van der Waals surface area contributed by atoms with Crippen LogP contribution in [0.5, 0.6) is 0 Å². The molecule has 12 nitrogen and oxygen atoms in total. The molecule has 0 spiro atoms. The lowest BCUT2D eigenvalue weighted by molar-refractivity contribution is -0.132. The number of halogens is 3. The Hall–Kier alpha value is -5.57. The van der Waals surface area contributed by atoms with Crippen molar-refractivity contribution < 1.29 is 22.7 Å². The van der Waals surface area contributed by atoms with Gasteiger partial charge in [-0.1, -0.05) is 0 Å². The molecule has 4 bridgehead atoms. The number of likely N-dealkylation sites (N-methyl/N-ethyl adjacent to an activating group) is 1. The van der Waals surface area contributed by atoms with E-state index in [2.05, 4.69) is 25.4 Å². The summed E-state index contributed by atoms with van der Waals surface area (Å²) < 4.78 is 52.4. The SMILES string of the molecule is CO[C@@H]1CN(C)C(=O)[C@@H]2C[C@@H](CN2c2ncnc3c2cnn3-c2ccc(F)cc2F)Nc2cc(C)cc(n2)-c2cc(F)cc3ncn(c23)C1. The zero-order chi connectivity index (χ0) is 34.0. The molecule has 49 heavy (non-hydrogen) atoms. The van der Waals surface area contributed by atoms with Gasteiger partial charge in [0.05, 0.1) is 47.3 Å². The number of amides is 1. The number of imidazole rings is 1. The van der Waals surface area contributed by atoms with Crippen LogP contribution in [-0.2, 0) is 16.1 Å². The first-order chi connectivity index (χ1) is 23.7. The van der Waals surface area contributed by atoms with Gasteiger partial charge >= 0.3 is 0 Å². The normalized spacial score (nSPS) is 19.7. The topological polar surface area (TPSA) is 119 Å². The van der Waals surface area contributed by atoms with E-state index in [1.165, 1.54) is 35.4 Å². The summed E-state index contributed by atoms with van der Waals surface area (Å²) in [5, 5.41) is 8.38. The van der Waals surface area contributed by atoms with E-state index in [1.807, 2.05) is 28.5 Å². The van der Waals surface area contributed by atoms with Crippen molar-refractivity contribution in [1.29, 1.82) is 0 Å². The van der Waals surface area contributed by atoms with Crippen LogP contribution >= 0.6 is 0 Å². The first-order valence-corrected chi connectivity index (χ1v) is 15.8. The Balaban J connectivity index is 1.23. The maximum Gasteiger partial charge on any atom is 0.245 e. The predicted molar refractivity (Wildman–Crippen MR) is 176 cm³/mol. The van der Waals surface area contributed by atoms with Crippen LogP contribution in [0, 0.1) is 24.4 Å². The lowest BCUT2D eigenvalue weighted by Crippen LogP contribution is -2.47. The van der Waals surface area contributed by atoms with Crippen molar-refractivity contribution in [2.45, 2.75) is 38.1 Å². The van der Waals surface area contributed by atoms with Gasteiger partial charge < -0.3 is 24.4 Å². The highest BCUT2D eigenvalue weighted by Gasteiger charge is 2.41. The van der Waals surface area contributed by atoms with E-state index in [-0.39, 0.29) is 24.2 Å². The molecule has 1 fully saturated rings. The van der Waals surface area contributed by atoms with Gasteiger partial charge in [-0.05, 0) is 49.2 Å². The van der Waals surface area contributed by atoms with E-state index >= 15 is 0 Å². The number of aryl methyl sites for hydroxylation is 1. The molecule has 0 aliphatic carbocycles. The average Bonchev–Trinajstić information content (AvgIpc) is 3.80. The largest absolute Gasteiger partial charge is 0.378 e. The highest BCUT2D eigenvalue weighted by molar-refractivity contribution is 5.93. The van der Waals surface area contributed by atoms with Crippen LogP contribution in [0.1, 0.15) is 12.0 Å². The number of benzene rings is 2. The second-order valence-corrected chi connectivity index (χ2v) is 12.5. The van der Waals surface area contributed by atoms with Crippen molar-refractivity contribution in [3.05, 3.63) is 84.3 Å². The summed E-state index contributed by atoms with van der Waals surface area (Å²) in [7, 11) is 3.32. The van der Waals surface area contributed by atoms with E-state index in [1.54, 1.807) is 25.4 Å². The Bertz CT molecular complexity index is 2260. The standard InChI is InChI=1S/C34H31F3N10O2/c1-18-6-26-23-8-20(36)10-27-31(23)45(17-40-27)15-22(49-3)14-44(2)34(48)29-11-21(42-30(7-18)43-26)13-46(29)32-24-12-41-47(33(24)39-16-38-32)28-5-4-19(35)9-25(28)37/h4-10,12,16-17,21-22,29H,11,13-15H2,1-3H3,(H,42,43)/t21-,22+,29-/m0/s1. The third-order valence-corrected chi connectivity index (χ3v) is 9.20. The fourth-order valence-corrected chi connectivity index (χ4v) is 6.97. The van der Waals surface area contributed by atoms with Crippen molar-refractivity contribution in [3.63, 3.8) is 0 Å². The first-order valence-electron chi connectivity index (χ1n) is 15.8. The van der Waals surface area contributed by atoms with Crippen LogP contribution in [0.25, 0.3) is 39.0 Å². The van der Waals surface area contributed by atoms with E-state index in [0.717, 1.165) is 23.2 Å². The molecule has 0 radical (unpaired) electrons. The second kappa shape index (κ2) is 11.8. The number of carbonyl (C=O) groups is 1. The number of rotatable bonds is 3. The number of pyridine rings is 1. The summed E-state index contributed by atoms with van der Waals surface area (Å²) in [5.41, 5.74) is 3.63. The molecule has 3 atom stereocenters. The maximum atomic E-state index is 14.9. The smallest absolute Gasteiger partial charge is 0.245 e. The number of fused-ring (bicyclic) bond motifs is 6. The van der Waals surface area contributed by atoms with Gasteiger partial charge in [-0.25, -0.2) is 37.8 Å². The molecule has 1 saturated heterocycles. The van der Waals surface area contributed by atoms with E-state index < -0.39 is 29.6 Å². The van der Waals surface area contributed by atoms with Gasteiger partial charge in [0, 0.05) is 51.0 Å². The fraction of sp³-hybridized carbons (Fsp3) is 0.294. The Morgan fingerprint density at radius 1 is 0.980 bits per heavy atom. The number of ether oxygens (including phenoxy) is 1. The molecule has 0 saturated carbocycles. The number of aromatic nitrogens is 7. The number of nitrogens with one attached hydrogen (secondary N) is 1. The number of nitrogens with zero attached hydrogens (tertiary/aromatic N) is 9. The predicted octanol–water partition coefficient (Wildman–Crippen LogP) is 4.50. The highest BCUT2D eigenvalue weighted by atomic mass is 19.1. The first kappa shape index (κ1) is 30.7. The number of methoxy groups -OCH3 is 1. The van der Waals surface area contributed by atoms with Gasteiger partial charge in [0.1, 0.15) is 41.3 Å². The quantitative estimate of drug-likeness (QED) is 0.291. The number of hydrogen-bond acceptors (Lipinski definition) is 9. The lowest BCUT2D eigenvalue weighted by Gasteiger charge is -2.30. The third-order valence-electron chi connectivity index (χ3n) is 9.20. The van der Waals surface area contributed by atoms with Gasteiger partial charge in [-0.15, -0.1) is 0 Å². The fourth-order valence-electron chi connectivity index (χ4n) is 6.97. The summed E-state index contributed by atoms with van der Waals surface area (Å²) >= 11 is 0. The molecule has 1 N–H and O–H groups in total. The number of anilines is 2. The Morgan fingerprint density at radius 3 is 2.65 bits per heavy atom. The average molecular weight is 669 g/mol. The summed E-state index contributed by atoms with van der Waals surface area (Å²) in [5.74, 6) is -1.06. The van der Waals surface area contributed by atoms with E-state index in [9.17, 15) is 18.0 Å². The maximum absolute atomic E-state index is 14.9. The molecular weight excluding hydrogens is 637 g/mol. The number of hydrogen-bond donors (Lipinski definition) is 1. The van der Waals surface area contributed by atoms with Gasteiger partial charge in [0.25, 0.3) is 0 Å². The van der Waals surface area contributed by atoms with Crippen molar-refractivity contribution in [3.8, 4) is 16.9 Å². The van der Waals surface area contributed by atoms with Gasteiger partial charge in [0.2, 0.25) is 5.91 Å². The zero-order valence-electron chi connectivity index (χ0n) is 26.8. The zero-order valence-corrected chi connectivity index (χ0v) is 26.8. The second-order valence-electron chi connectivity index (χ2n) is 12.5. The summed E-state index contributed by atoms with van der Waals surface area (Å²) in [6.07, 6.45) is 4.49. The molecule has 2 aliphatic rings. The van der Waals surface area contributed by atoms with Crippen LogP contribution in [0.2, 0.25) is 0 Å². The Morgan fingerprint density at radius 2 is 1.84 bits per heavy atom. The molecule has 2 aliphatic heterocycles. The van der Waals surface area contributed by atoms with Gasteiger partial charge in [0.15, 0.2) is 11.5 Å². The molecule has 15 heteroatoms. The molecule has 8 rings (SSSR count). The molecule has 2 aromatic carbocycles. The van der Waals surface area contributed by atoms with Gasteiger partial charge in [-0.2, -0.15) is 5.10 Å². The van der Waals surface area contributed by atoms with Crippen molar-refractivity contribution in [2.24, 2.45) is 0 Å². The highest BCUT2D eigenvalue weighted by Crippen LogP contribution is 2.35. The van der Waals surface area contributed by atoms with Crippen LogP contribution in [0.4, 0.5) is 24.8 Å². The summed E-state index contributed by atoms with van der Waals surface area (Å²) in [6.45, 7) is 2.92. The molecule has 0 unspecified atom stereocenters. The molecule has 1 amide bonds. The molecule has 4 aromatic heterocycles. The lowest BCUT2D eigenvalue weighted by atomic mass is 10.1. The Kier molecular flexibility index (Phi) is 7.43. The number of carbonyl (C=O) groups excluding carboxylic acids is 1. The van der Waals surface area contributed by atoms with Crippen molar-refractivity contribution in [1.82, 2.24) is 39.2 Å². The van der Waals surface area contributed by atoms with Gasteiger partial charge in [-0.3, -0.25) is 4.79 Å². The minimum Gasteiger partial charge on any atom is -0.378 e. The van der Waals surface area contributed by atoms with Crippen molar-refractivity contribution in [2.75, 3.05) is 37.5 Å². The molecule has 250 valence electrons. The van der Waals surface area contributed by atoms with E-state index in [4.69, 9.17) is 9.72 Å². The Labute approximate surface area is 278 Å².